The Hall–Kier alpha value is -2.84. The monoisotopic (exact) mass is 372 g/mol. The van der Waals surface area contributed by atoms with Crippen molar-refractivity contribution in [1.82, 2.24) is 0 Å². The Labute approximate surface area is 149 Å². The van der Waals surface area contributed by atoms with E-state index in [1.165, 1.54) is 18.2 Å². The summed E-state index contributed by atoms with van der Waals surface area (Å²) in [5.41, 5.74) is 2.50. The van der Waals surface area contributed by atoms with Crippen molar-refractivity contribution in [3.63, 3.8) is 0 Å². The summed E-state index contributed by atoms with van der Waals surface area (Å²) >= 11 is 0. The Morgan fingerprint density at radius 2 is 1.85 bits per heavy atom. The van der Waals surface area contributed by atoms with Crippen molar-refractivity contribution < 1.29 is 17.6 Å². The normalized spacial score (nSPS) is 14.2. The average Bonchev–Trinajstić information content (AvgIpc) is 2.60. The number of benzene rings is 2. The van der Waals surface area contributed by atoms with E-state index in [1.54, 1.807) is 12.1 Å². The highest BCUT2D eigenvalue weighted by Gasteiger charge is 2.22. The maximum absolute atomic E-state index is 11.8. The van der Waals surface area contributed by atoms with Gasteiger partial charge in [0.25, 0.3) is 0 Å². The van der Waals surface area contributed by atoms with Crippen LogP contribution in [-0.2, 0) is 16.6 Å². The molecule has 0 fully saturated rings. The van der Waals surface area contributed by atoms with Crippen molar-refractivity contribution in [1.29, 1.82) is 0 Å². The van der Waals surface area contributed by atoms with E-state index in [0.29, 0.717) is 24.6 Å². The van der Waals surface area contributed by atoms with Crippen LogP contribution in [0.3, 0.4) is 0 Å². The molecule has 0 aliphatic carbocycles. The fraction of sp³-hybridized carbons (Fsp3) is 0.167. The molecule has 3 aromatic rings. The summed E-state index contributed by atoms with van der Waals surface area (Å²) in [5, 5.41) is 5.99. The Kier molecular flexibility index (Phi) is 3.74. The molecule has 26 heavy (non-hydrogen) atoms. The molecule has 1 aliphatic rings. The Morgan fingerprint density at radius 3 is 2.54 bits per heavy atom. The fourth-order valence-corrected chi connectivity index (χ4v) is 3.62. The number of sulfonamides is 1. The van der Waals surface area contributed by atoms with E-state index in [9.17, 15) is 13.2 Å². The van der Waals surface area contributed by atoms with Crippen LogP contribution in [0.2, 0.25) is 0 Å². The standard InChI is InChI=1S/C18H16N2O5S/c1-11-8-17(21)25-18-14(11)6-7-16-15(18)9-20(10-24-16)12-2-4-13(5-3-12)26(19,22)23/h2-8H,9-10H2,1H3,(H2,19,22,23). The van der Waals surface area contributed by atoms with Gasteiger partial charge in [0, 0.05) is 17.1 Å². The number of ether oxygens (including phenoxy) is 1. The highest BCUT2D eigenvalue weighted by atomic mass is 32.2. The molecule has 0 atom stereocenters. The first kappa shape index (κ1) is 16.6. The minimum atomic E-state index is -3.74. The minimum absolute atomic E-state index is 0.0478. The van der Waals surface area contributed by atoms with Gasteiger partial charge in [-0.1, -0.05) is 0 Å². The average molecular weight is 372 g/mol. The largest absolute Gasteiger partial charge is 0.473 e. The molecule has 2 N–H and O–H groups in total. The van der Waals surface area contributed by atoms with Crippen LogP contribution in [0.5, 0.6) is 5.75 Å². The summed E-state index contributed by atoms with van der Waals surface area (Å²) in [6.45, 7) is 2.62. The number of aryl methyl sites for hydroxylation is 1. The molecule has 0 amide bonds. The molecule has 4 rings (SSSR count). The number of fused-ring (bicyclic) bond motifs is 3. The SMILES string of the molecule is Cc1cc(=O)oc2c3c(ccc12)OCN(c1ccc(S(N)(=O)=O)cc1)C3. The molecule has 1 aliphatic heterocycles. The number of hydrogen-bond donors (Lipinski definition) is 1. The second-order valence-corrected chi connectivity index (χ2v) is 7.74. The maximum Gasteiger partial charge on any atom is 0.336 e. The van der Waals surface area contributed by atoms with Crippen LogP contribution in [-0.4, -0.2) is 15.1 Å². The number of nitrogens with zero attached hydrogens (tertiary/aromatic N) is 1. The Bertz CT molecular complexity index is 1170. The molecule has 2 heterocycles. The number of hydrogen-bond acceptors (Lipinski definition) is 6. The van der Waals surface area contributed by atoms with E-state index >= 15 is 0 Å². The third kappa shape index (κ3) is 2.83. The van der Waals surface area contributed by atoms with Crippen molar-refractivity contribution in [2.45, 2.75) is 18.4 Å². The summed E-state index contributed by atoms with van der Waals surface area (Å²) in [6.07, 6.45) is 0. The molecule has 8 heteroatoms. The fourth-order valence-electron chi connectivity index (χ4n) is 3.10. The van der Waals surface area contributed by atoms with Crippen molar-refractivity contribution in [2.24, 2.45) is 5.14 Å². The molecule has 0 saturated carbocycles. The van der Waals surface area contributed by atoms with Gasteiger partial charge in [0.15, 0.2) is 6.73 Å². The molecule has 1 aromatic heterocycles. The first-order valence-corrected chi connectivity index (χ1v) is 9.44. The summed E-state index contributed by atoms with van der Waals surface area (Å²) in [7, 11) is -3.74. The third-order valence-electron chi connectivity index (χ3n) is 4.43. The van der Waals surface area contributed by atoms with Crippen LogP contribution in [0, 0.1) is 6.92 Å². The van der Waals surface area contributed by atoms with E-state index in [0.717, 1.165) is 22.2 Å². The van der Waals surface area contributed by atoms with E-state index in [1.807, 2.05) is 24.0 Å². The van der Waals surface area contributed by atoms with Gasteiger partial charge < -0.3 is 14.1 Å². The summed E-state index contributed by atoms with van der Waals surface area (Å²) < 4.78 is 34.0. The van der Waals surface area contributed by atoms with Gasteiger partial charge >= 0.3 is 5.63 Å². The van der Waals surface area contributed by atoms with Crippen LogP contribution in [0.15, 0.2) is 56.6 Å². The summed E-state index contributed by atoms with van der Waals surface area (Å²) in [5.74, 6) is 0.670. The first-order valence-electron chi connectivity index (χ1n) is 7.90. The number of rotatable bonds is 2. The van der Waals surface area contributed by atoms with Gasteiger partial charge in [-0.25, -0.2) is 18.4 Å². The molecule has 2 aromatic carbocycles. The van der Waals surface area contributed by atoms with E-state index < -0.39 is 15.6 Å². The molecule has 7 nitrogen and oxygen atoms in total. The predicted molar refractivity (Wildman–Crippen MR) is 96.7 cm³/mol. The number of nitrogens with two attached hydrogens (primary N) is 1. The zero-order valence-corrected chi connectivity index (χ0v) is 14.7. The van der Waals surface area contributed by atoms with Crippen LogP contribution in [0.25, 0.3) is 11.0 Å². The molecule has 0 radical (unpaired) electrons. The lowest BCUT2D eigenvalue weighted by atomic mass is 10.0. The molecule has 0 bridgehead atoms. The molecule has 0 spiro atoms. The van der Waals surface area contributed by atoms with Crippen molar-refractivity contribution >= 4 is 26.7 Å². The van der Waals surface area contributed by atoms with Gasteiger partial charge in [-0.05, 0) is 48.9 Å². The quantitative estimate of drug-likeness (QED) is 0.691. The third-order valence-corrected chi connectivity index (χ3v) is 5.36. The van der Waals surface area contributed by atoms with E-state index in [-0.39, 0.29) is 4.90 Å². The van der Waals surface area contributed by atoms with Gasteiger partial charge in [0.1, 0.15) is 11.3 Å². The van der Waals surface area contributed by atoms with Gasteiger partial charge in [-0.15, -0.1) is 0 Å². The van der Waals surface area contributed by atoms with Crippen molar-refractivity contribution in [2.75, 3.05) is 11.6 Å². The lowest BCUT2D eigenvalue weighted by Crippen LogP contribution is -2.32. The van der Waals surface area contributed by atoms with Crippen LogP contribution in [0.1, 0.15) is 11.1 Å². The second kappa shape index (κ2) is 5.86. The molecule has 0 saturated heterocycles. The van der Waals surface area contributed by atoms with Gasteiger partial charge in [0.05, 0.1) is 17.0 Å². The number of anilines is 1. The van der Waals surface area contributed by atoms with Crippen LogP contribution < -0.4 is 20.4 Å². The van der Waals surface area contributed by atoms with E-state index in [2.05, 4.69) is 0 Å². The maximum atomic E-state index is 11.8. The number of primary sulfonamides is 1. The molecule has 134 valence electrons. The predicted octanol–water partition coefficient (Wildman–Crippen LogP) is 2.11. The first-order chi connectivity index (χ1) is 12.3. The van der Waals surface area contributed by atoms with E-state index in [4.69, 9.17) is 14.3 Å². The topological polar surface area (TPSA) is 103 Å². The van der Waals surface area contributed by atoms with Crippen molar-refractivity contribution in [3.8, 4) is 5.75 Å². The van der Waals surface area contributed by atoms with Gasteiger partial charge in [-0.3, -0.25) is 0 Å². The zero-order chi connectivity index (χ0) is 18.5. The minimum Gasteiger partial charge on any atom is -0.473 e. The van der Waals surface area contributed by atoms with Gasteiger partial charge in [0.2, 0.25) is 10.0 Å². The summed E-state index contributed by atoms with van der Waals surface area (Å²) in [6, 6.07) is 11.4. The summed E-state index contributed by atoms with van der Waals surface area (Å²) in [4.78, 5) is 13.7. The second-order valence-electron chi connectivity index (χ2n) is 6.18. The lowest BCUT2D eigenvalue weighted by Gasteiger charge is -2.31. The van der Waals surface area contributed by atoms with Gasteiger partial charge in [-0.2, -0.15) is 0 Å². The molecular formula is C18H16N2O5S. The van der Waals surface area contributed by atoms with Crippen LogP contribution >= 0.6 is 0 Å². The highest BCUT2D eigenvalue weighted by Crippen LogP contribution is 2.34. The smallest absolute Gasteiger partial charge is 0.336 e. The van der Waals surface area contributed by atoms with Crippen LogP contribution in [0.4, 0.5) is 5.69 Å². The Balaban J connectivity index is 1.75. The zero-order valence-electron chi connectivity index (χ0n) is 13.9. The Morgan fingerprint density at radius 1 is 1.12 bits per heavy atom. The lowest BCUT2D eigenvalue weighted by molar-refractivity contribution is 0.289. The highest BCUT2D eigenvalue weighted by molar-refractivity contribution is 7.89. The van der Waals surface area contributed by atoms with Crippen molar-refractivity contribution in [3.05, 3.63) is 64.0 Å². The molecule has 0 unspecified atom stereocenters. The molecular weight excluding hydrogens is 356 g/mol.